The maximum atomic E-state index is 12.9. The molecule has 5 nitrogen and oxygen atoms in total. The van der Waals surface area contributed by atoms with Crippen molar-refractivity contribution >= 4 is 33.2 Å². The van der Waals surface area contributed by atoms with Crippen LogP contribution in [-0.2, 0) is 10.0 Å². The van der Waals surface area contributed by atoms with Gasteiger partial charge >= 0.3 is 0 Å². The van der Waals surface area contributed by atoms with Gasteiger partial charge in [0.25, 0.3) is 15.9 Å². The first-order valence-electron chi connectivity index (χ1n) is 8.94. The fourth-order valence-corrected chi connectivity index (χ4v) is 4.48. The van der Waals surface area contributed by atoms with Crippen LogP contribution in [0.2, 0.25) is 5.02 Å². The summed E-state index contributed by atoms with van der Waals surface area (Å²) < 4.78 is 27.7. The van der Waals surface area contributed by atoms with Gasteiger partial charge in [0.1, 0.15) is 0 Å². The Labute approximate surface area is 165 Å². The van der Waals surface area contributed by atoms with Crippen LogP contribution in [0.5, 0.6) is 0 Å². The average molecular weight is 407 g/mol. The summed E-state index contributed by atoms with van der Waals surface area (Å²) in [6.07, 6.45) is 2.07. The maximum absolute atomic E-state index is 12.9. The van der Waals surface area contributed by atoms with E-state index in [0.29, 0.717) is 35.3 Å². The van der Waals surface area contributed by atoms with E-state index in [0.717, 1.165) is 18.4 Å². The van der Waals surface area contributed by atoms with Gasteiger partial charge in [-0.3, -0.25) is 9.52 Å². The largest absolute Gasteiger partial charge is 0.338 e. The monoisotopic (exact) mass is 406 g/mol. The minimum absolute atomic E-state index is 0.164. The molecule has 1 N–H and O–H groups in total. The first-order chi connectivity index (χ1) is 12.8. The summed E-state index contributed by atoms with van der Waals surface area (Å²) in [6.45, 7) is 5.39. The lowest BCUT2D eigenvalue weighted by molar-refractivity contribution is 0.0683. The minimum Gasteiger partial charge on any atom is -0.338 e. The fraction of sp³-hybridized carbons (Fsp3) is 0.350. The van der Waals surface area contributed by atoms with Crippen LogP contribution in [0.1, 0.15) is 35.7 Å². The van der Waals surface area contributed by atoms with E-state index in [1.807, 2.05) is 6.92 Å². The number of anilines is 1. The molecule has 3 rings (SSSR count). The van der Waals surface area contributed by atoms with Gasteiger partial charge in [-0.15, -0.1) is 0 Å². The minimum atomic E-state index is -3.74. The molecule has 2 aromatic rings. The number of amides is 1. The van der Waals surface area contributed by atoms with Gasteiger partial charge in [0.05, 0.1) is 15.5 Å². The zero-order valence-corrected chi connectivity index (χ0v) is 17.0. The highest BCUT2D eigenvalue weighted by atomic mass is 35.5. The van der Waals surface area contributed by atoms with Crippen molar-refractivity contribution < 1.29 is 13.2 Å². The van der Waals surface area contributed by atoms with Crippen LogP contribution in [0.15, 0.2) is 47.4 Å². The Morgan fingerprint density at radius 1 is 1.19 bits per heavy atom. The molecule has 0 spiro atoms. The summed E-state index contributed by atoms with van der Waals surface area (Å²) in [5, 5.41) is 0.316. The van der Waals surface area contributed by atoms with Crippen molar-refractivity contribution in [3.63, 3.8) is 0 Å². The van der Waals surface area contributed by atoms with Gasteiger partial charge in [-0.1, -0.05) is 36.2 Å². The Kier molecular flexibility index (Phi) is 5.77. The Balaban J connectivity index is 1.84. The molecule has 0 aliphatic carbocycles. The van der Waals surface area contributed by atoms with E-state index in [9.17, 15) is 13.2 Å². The molecule has 0 aromatic heterocycles. The third kappa shape index (κ3) is 4.62. The molecular formula is C20H23ClN2O3S. The lowest BCUT2D eigenvalue weighted by Crippen LogP contribution is -2.39. The van der Waals surface area contributed by atoms with Crippen molar-refractivity contribution in [2.75, 3.05) is 17.8 Å². The molecule has 0 radical (unpaired) electrons. The SMILES string of the molecule is Cc1ccc(S(=O)(=O)Nc2ccc(Cl)c(C(=O)N3CCCC(C)C3)c2)cc1. The van der Waals surface area contributed by atoms with Gasteiger partial charge in [0.15, 0.2) is 0 Å². The summed E-state index contributed by atoms with van der Waals surface area (Å²) >= 11 is 6.23. The highest BCUT2D eigenvalue weighted by Gasteiger charge is 2.24. The van der Waals surface area contributed by atoms with Crippen molar-refractivity contribution in [3.8, 4) is 0 Å². The summed E-state index contributed by atoms with van der Waals surface area (Å²) in [7, 11) is -3.74. The summed E-state index contributed by atoms with van der Waals surface area (Å²) in [5.41, 5.74) is 1.60. The summed E-state index contributed by atoms with van der Waals surface area (Å²) in [5.74, 6) is 0.285. The second-order valence-corrected chi connectivity index (χ2v) is 9.20. The second-order valence-electron chi connectivity index (χ2n) is 7.11. The molecule has 27 heavy (non-hydrogen) atoms. The normalized spacial score (nSPS) is 17.6. The third-order valence-corrected chi connectivity index (χ3v) is 6.45. The molecule has 2 aromatic carbocycles. The van der Waals surface area contributed by atoms with Crippen molar-refractivity contribution in [1.29, 1.82) is 0 Å². The molecule has 144 valence electrons. The second kappa shape index (κ2) is 7.90. The Bertz CT molecular complexity index is 942. The lowest BCUT2D eigenvalue weighted by Gasteiger charge is -2.31. The van der Waals surface area contributed by atoms with Gasteiger partial charge in [-0.25, -0.2) is 8.42 Å². The van der Waals surface area contributed by atoms with E-state index in [1.165, 1.54) is 6.07 Å². The predicted octanol–water partition coefficient (Wildman–Crippen LogP) is 4.32. The van der Waals surface area contributed by atoms with E-state index >= 15 is 0 Å². The van der Waals surface area contributed by atoms with E-state index in [1.54, 1.807) is 41.3 Å². The van der Waals surface area contributed by atoms with Crippen LogP contribution in [0, 0.1) is 12.8 Å². The Hall–Kier alpha value is -2.05. The molecule has 0 saturated carbocycles. The number of carbonyl (C=O) groups is 1. The molecule has 1 aliphatic rings. The number of benzene rings is 2. The van der Waals surface area contributed by atoms with E-state index in [4.69, 9.17) is 11.6 Å². The zero-order valence-electron chi connectivity index (χ0n) is 15.4. The molecule has 1 fully saturated rings. The Morgan fingerprint density at radius 3 is 2.56 bits per heavy atom. The molecule has 7 heteroatoms. The van der Waals surface area contributed by atoms with Crippen molar-refractivity contribution in [2.45, 2.75) is 31.6 Å². The van der Waals surface area contributed by atoms with Crippen LogP contribution in [-0.4, -0.2) is 32.3 Å². The number of hydrogen-bond acceptors (Lipinski definition) is 3. The van der Waals surface area contributed by atoms with Gasteiger partial charge in [0, 0.05) is 18.8 Å². The molecule has 1 aliphatic heterocycles. The first kappa shape index (κ1) is 19.7. The van der Waals surface area contributed by atoms with Gasteiger partial charge in [0.2, 0.25) is 0 Å². The summed E-state index contributed by atoms with van der Waals surface area (Å²) in [6, 6.07) is 11.2. The zero-order chi connectivity index (χ0) is 19.6. The standard InChI is InChI=1S/C20H23ClN2O3S/c1-14-5-8-17(9-6-14)27(25,26)22-16-7-10-19(21)18(12-16)20(24)23-11-3-4-15(2)13-23/h5-10,12,15,22H,3-4,11,13H2,1-2H3. The van der Waals surface area contributed by atoms with Gasteiger partial charge < -0.3 is 4.90 Å². The number of nitrogens with zero attached hydrogens (tertiary/aromatic N) is 1. The number of likely N-dealkylation sites (tertiary alicyclic amines) is 1. The quantitative estimate of drug-likeness (QED) is 0.822. The van der Waals surface area contributed by atoms with E-state index in [-0.39, 0.29) is 10.8 Å². The number of halogens is 1. The first-order valence-corrected chi connectivity index (χ1v) is 10.8. The topological polar surface area (TPSA) is 66.5 Å². The molecular weight excluding hydrogens is 384 g/mol. The number of nitrogens with one attached hydrogen (secondary N) is 1. The van der Waals surface area contributed by atoms with Crippen molar-refractivity contribution in [1.82, 2.24) is 4.90 Å². The van der Waals surface area contributed by atoms with Gasteiger partial charge in [-0.05, 0) is 56.0 Å². The van der Waals surface area contributed by atoms with Crippen LogP contribution in [0.25, 0.3) is 0 Å². The Morgan fingerprint density at radius 2 is 1.89 bits per heavy atom. The average Bonchev–Trinajstić information content (AvgIpc) is 2.63. The molecule has 1 heterocycles. The molecule has 1 unspecified atom stereocenters. The number of hydrogen-bond donors (Lipinski definition) is 1. The number of sulfonamides is 1. The highest BCUT2D eigenvalue weighted by Crippen LogP contribution is 2.26. The van der Waals surface area contributed by atoms with Crippen LogP contribution in [0.4, 0.5) is 5.69 Å². The lowest BCUT2D eigenvalue weighted by atomic mass is 9.99. The van der Waals surface area contributed by atoms with Crippen molar-refractivity contribution in [2.24, 2.45) is 5.92 Å². The molecule has 1 amide bonds. The van der Waals surface area contributed by atoms with Crippen LogP contribution < -0.4 is 4.72 Å². The molecule has 1 saturated heterocycles. The summed E-state index contributed by atoms with van der Waals surface area (Å²) in [4.78, 5) is 14.8. The number of aryl methyl sites for hydroxylation is 1. The maximum Gasteiger partial charge on any atom is 0.261 e. The van der Waals surface area contributed by atoms with Crippen LogP contribution >= 0.6 is 11.6 Å². The molecule has 1 atom stereocenters. The number of rotatable bonds is 4. The van der Waals surface area contributed by atoms with Gasteiger partial charge in [-0.2, -0.15) is 0 Å². The smallest absolute Gasteiger partial charge is 0.261 e. The fourth-order valence-electron chi connectivity index (χ4n) is 3.23. The van der Waals surface area contributed by atoms with Crippen molar-refractivity contribution in [3.05, 3.63) is 58.6 Å². The predicted molar refractivity (Wildman–Crippen MR) is 108 cm³/mol. The highest BCUT2D eigenvalue weighted by molar-refractivity contribution is 7.92. The van der Waals surface area contributed by atoms with E-state index in [2.05, 4.69) is 11.6 Å². The van der Waals surface area contributed by atoms with Crippen LogP contribution in [0.3, 0.4) is 0 Å². The number of piperidine rings is 1. The third-order valence-electron chi connectivity index (χ3n) is 4.72. The van der Waals surface area contributed by atoms with E-state index < -0.39 is 10.0 Å². The number of carbonyl (C=O) groups excluding carboxylic acids is 1. The molecule has 0 bridgehead atoms.